The smallest absolute Gasteiger partial charge is 0.279 e. The molecule has 5 nitrogen and oxygen atoms in total. The number of carbonyl (C=O) groups is 1. The predicted molar refractivity (Wildman–Crippen MR) is 86.3 cm³/mol. The second kappa shape index (κ2) is 8.55. The third kappa shape index (κ3) is 6.03. The van der Waals surface area contributed by atoms with Crippen LogP contribution in [0.5, 0.6) is 5.75 Å². The first kappa shape index (κ1) is 16.5. The van der Waals surface area contributed by atoms with Crippen molar-refractivity contribution in [1.29, 1.82) is 0 Å². The maximum Gasteiger partial charge on any atom is 0.279 e. The van der Waals surface area contributed by atoms with Crippen LogP contribution < -0.4 is 20.9 Å². The van der Waals surface area contributed by atoms with E-state index in [1.165, 1.54) is 0 Å². The minimum absolute atomic E-state index is 0.314. The summed E-state index contributed by atoms with van der Waals surface area (Å²) in [7, 11) is 0. The van der Waals surface area contributed by atoms with Gasteiger partial charge in [-0.1, -0.05) is 22.0 Å². The first-order chi connectivity index (χ1) is 9.52. The molecule has 1 aromatic carbocycles. The van der Waals surface area contributed by atoms with Crippen molar-refractivity contribution in [3.05, 3.63) is 41.4 Å². The Morgan fingerprint density at radius 3 is 2.70 bits per heavy atom. The fourth-order valence-electron chi connectivity index (χ4n) is 1.20. The van der Waals surface area contributed by atoms with Gasteiger partial charge in [0.1, 0.15) is 5.75 Å². The zero-order valence-corrected chi connectivity index (χ0v) is 13.4. The van der Waals surface area contributed by atoms with E-state index in [1.807, 2.05) is 12.1 Å². The molecule has 0 aromatic heterocycles. The molecule has 0 fully saturated rings. The van der Waals surface area contributed by atoms with Crippen LogP contribution in [0.3, 0.4) is 0 Å². The summed E-state index contributed by atoms with van der Waals surface area (Å²) in [6.45, 7) is 5.72. The van der Waals surface area contributed by atoms with E-state index in [0.29, 0.717) is 17.4 Å². The average Bonchev–Trinajstić information content (AvgIpc) is 2.44. The molecule has 1 atom stereocenters. The lowest BCUT2D eigenvalue weighted by Crippen LogP contribution is -2.50. The van der Waals surface area contributed by atoms with Crippen LogP contribution >= 0.6 is 28.1 Å². The van der Waals surface area contributed by atoms with Gasteiger partial charge in [0.05, 0.1) is 0 Å². The molecule has 1 aromatic rings. The molecule has 1 rings (SSSR count). The number of rotatable bonds is 5. The molecule has 3 N–H and O–H groups in total. The largest absolute Gasteiger partial charge is 0.481 e. The molecule has 0 saturated carbocycles. The molecule has 0 spiro atoms. The molecule has 0 unspecified atom stereocenters. The summed E-state index contributed by atoms with van der Waals surface area (Å²) in [5, 5.41) is 3.14. The molecule has 0 bridgehead atoms. The monoisotopic (exact) mass is 357 g/mol. The zero-order valence-electron chi connectivity index (χ0n) is 11.0. The third-order valence-corrected chi connectivity index (χ3v) is 2.98. The summed E-state index contributed by atoms with van der Waals surface area (Å²) in [5.41, 5.74) is 5.04. The Morgan fingerprint density at radius 2 is 2.10 bits per heavy atom. The number of ether oxygens (including phenoxy) is 1. The molecule has 0 aliphatic heterocycles. The van der Waals surface area contributed by atoms with Gasteiger partial charge in [0.2, 0.25) is 0 Å². The van der Waals surface area contributed by atoms with Crippen molar-refractivity contribution < 1.29 is 9.53 Å². The summed E-state index contributed by atoms with van der Waals surface area (Å²) in [4.78, 5) is 11.8. The fourth-order valence-corrected chi connectivity index (χ4v) is 1.60. The highest BCUT2D eigenvalue weighted by Gasteiger charge is 2.14. The Kier molecular flexibility index (Phi) is 7.03. The van der Waals surface area contributed by atoms with E-state index in [4.69, 9.17) is 17.0 Å². The number of halogens is 1. The van der Waals surface area contributed by atoms with Crippen molar-refractivity contribution >= 4 is 39.2 Å². The van der Waals surface area contributed by atoms with E-state index in [-0.39, 0.29) is 5.91 Å². The first-order valence-corrected chi connectivity index (χ1v) is 7.10. The summed E-state index contributed by atoms with van der Waals surface area (Å²) >= 11 is 8.27. The number of hydrogen-bond acceptors (Lipinski definition) is 3. The summed E-state index contributed by atoms with van der Waals surface area (Å²) < 4.78 is 6.44. The maximum absolute atomic E-state index is 11.8. The van der Waals surface area contributed by atoms with Crippen molar-refractivity contribution in [1.82, 2.24) is 16.2 Å². The van der Waals surface area contributed by atoms with Gasteiger partial charge in [0, 0.05) is 11.0 Å². The Balaban J connectivity index is 2.37. The van der Waals surface area contributed by atoms with Gasteiger partial charge in [-0.15, -0.1) is 6.58 Å². The van der Waals surface area contributed by atoms with E-state index in [0.717, 1.165) is 4.47 Å². The minimum atomic E-state index is -0.647. The molecule has 0 heterocycles. The Bertz CT molecular complexity index is 479. The predicted octanol–water partition coefficient (Wildman–Crippen LogP) is 1.90. The minimum Gasteiger partial charge on any atom is -0.481 e. The molecule has 0 aliphatic carbocycles. The van der Waals surface area contributed by atoms with Gasteiger partial charge in [-0.2, -0.15) is 0 Å². The molecule has 0 aliphatic rings. The highest BCUT2D eigenvalue weighted by atomic mass is 79.9. The number of thiocarbonyl (C=S) groups is 1. The van der Waals surface area contributed by atoms with Crippen molar-refractivity contribution in [3.63, 3.8) is 0 Å². The lowest BCUT2D eigenvalue weighted by atomic mass is 10.3. The van der Waals surface area contributed by atoms with Crippen LogP contribution in [0, 0.1) is 0 Å². The summed E-state index contributed by atoms with van der Waals surface area (Å²) in [6, 6.07) is 7.23. The number of hydrazine groups is 1. The lowest BCUT2D eigenvalue weighted by molar-refractivity contribution is -0.127. The van der Waals surface area contributed by atoms with Crippen LogP contribution in [0.25, 0.3) is 0 Å². The highest BCUT2D eigenvalue weighted by molar-refractivity contribution is 9.10. The number of benzene rings is 1. The zero-order chi connectivity index (χ0) is 15.0. The maximum atomic E-state index is 11.8. The van der Waals surface area contributed by atoms with Crippen LogP contribution in [0.1, 0.15) is 6.92 Å². The molecule has 7 heteroatoms. The van der Waals surface area contributed by atoms with Gasteiger partial charge in [-0.25, -0.2) is 0 Å². The quantitative estimate of drug-likeness (QED) is 0.426. The first-order valence-electron chi connectivity index (χ1n) is 5.89. The molecule has 108 valence electrons. The lowest BCUT2D eigenvalue weighted by Gasteiger charge is -2.16. The summed E-state index contributed by atoms with van der Waals surface area (Å²) in [6.07, 6.45) is 1.01. The van der Waals surface area contributed by atoms with Gasteiger partial charge in [0.15, 0.2) is 11.2 Å². The topological polar surface area (TPSA) is 62.4 Å². The van der Waals surface area contributed by atoms with Crippen molar-refractivity contribution in [2.45, 2.75) is 13.0 Å². The fraction of sp³-hybridized carbons (Fsp3) is 0.231. The Morgan fingerprint density at radius 1 is 1.45 bits per heavy atom. The van der Waals surface area contributed by atoms with Crippen LogP contribution in [0.15, 0.2) is 41.4 Å². The van der Waals surface area contributed by atoms with Crippen LogP contribution in [-0.4, -0.2) is 23.7 Å². The molecule has 0 saturated heterocycles. The van der Waals surface area contributed by atoms with Gasteiger partial charge in [0.25, 0.3) is 5.91 Å². The second-order valence-corrected chi connectivity index (χ2v) is 5.15. The van der Waals surface area contributed by atoms with E-state index < -0.39 is 6.10 Å². The number of nitrogens with one attached hydrogen (secondary N) is 3. The molecule has 0 radical (unpaired) electrons. The Labute approximate surface area is 131 Å². The standard InChI is InChI=1S/C13H16BrN3O2S/c1-3-8-15-13(20)17-16-12(18)9(2)19-11-6-4-10(14)5-7-11/h3-7,9H,1,8H2,2H3,(H,16,18)(H2,15,17,20)/t9-/m0/s1. The van der Waals surface area contributed by atoms with E-state index in [9.17, 15) is 4.79 Å². The van der Waals surface area contributed by atoms with E-state index in [1.54, 1.807) is 25.1 Å². The van der Waals surface area contributed by atoms with Gasteiger partial charge >= 0.3 is 0 Å². The van der Waals surface area contributed by atoms with Crippen LogP contribution in [0.4, 0.5) is 0 Å². The van der Waals surface area contributed by atoms with E-state index >= 15 is 0 Å². The average molecular weight is 358 g/mol. The highest BCUT2D eigenvalue weighted by Crippen LogP contribution is 2.17. The van der Waals surface area contributed by atoms with Gasteiger partial charge < -0.3 is 10.1 Å². The van der Waals surface area contributed by atoms with Crippen LogP contribution in [-0.2, 0) is 4.79 Å². The summed E-state index contributed by atoms with van der Waals surface area (Å²) in [5.74, 6) is 0.291. The Hall–Kier alpha value is -1.60. The molecular weight excluding hydrogens is 342 g/mol. The van der Waals surface area contributed by atoms with Crippen molar-refractivity contribution in [2.24, 2.45) is 0 Å². The number of amides is 1. The molecule has 1 amide bonds. The van der Waals surface area contributed by atoms with Crippen LogP contribution in [0.2, 0.25) is 0 Å². The number of hydrogen-bond donors (Lipinski definition) is 3. The number of carbonyl (C=O) groups excluding carboxylic acids is 1. The van der Waals surface area contributed by atoms with Gasteiger partial charge in [-0.3, -0.25) is 15.6 Å². The van der Waals surface area contributed by atoms with Crippen molar-refractivity contribution in [3.8, 4) is 5.75 Å². The second-order valence-electron chi connectivity index (χ2n) is 3.83. The van der Waals surface area contributed by atoms with E-state index in [2.05, 4.69) is 38.7 Å². The molecule has 20 heavy (non-hydrogen) atoms. The third-order valence-electron chi connectivity index (χ3n) is 2.20. The SMILES string of the molecule is C=CCNC(=S)NNC(=O)[C@H](C)Oc1ccc(Br)cc1. The molecular formula is C13H16BrN3O2S. The van der Waals surface area contributed by atoms with Gasteiger partial charge in [-0.05, 0) is 43.4 Å². The van der Waals surface area contributed by atoms with Crippen molar-refractivity contribution in [2.75, 3.05) is 6.54 Å². The normalized spacial score (nSPS) is 11.1.